The van der Waals surface area contributed by atoms with Crippen molar-refractivity contribution in [3.63, 3.8) is 0 Å². The fourth-order valence-electron chi connectivity index (χ4n) is 1.59. The van der Waals surface area contributed by atoms with Gasteiger partial charge in [-0.2, -0.15) is 13.2 Å². The first-order valence-corrected chi connectivity index (χ1v) is 5.75. The van der Waals surface area contributed by atoms with Gasteiger partial charge in [-0.1, -0.05) is 0 Å². The number of hydrogen-bond acceptors (Lipinski definition) is 2. The van der Waals surface area contributed by atoms with Gasteiger partial charge in [-0.15, -0.1) is 0 Å². The zero-order valence-electron chi connectivity index (χ0n) is 9.85. The highest BCUT2D eigenvalue weighted by Crippen LogP contribution is 2.22. The Labute approximate surface area is 98.8 Å². The number of rotatable bonds is 7. The predicted molar refractivity (Wildman–Crippen MR) is 59.7 cm³/mol. The maximum absolute atomic E-state index is 11.9. The zero-order chi connectivity index (χ0) is 12.7. The molecule has 1 aromatic rings. The van der Waals surface area contributed by atoms with Gasteiger partial charge in [0, 0.05) is 37.3 Å². The third kappa shape index (κ3) is 6.99. The van der Waals surface area contributed by atoms with E-state index >= 15 is 0 Å². The van der Waals surface area contributed by atoms with Gasteiger partial charge in [0.25, 0.3) is 0 Å². The number of hydrogen-bond donors (Lipinski definition) is 2. The van der Waals surface area contributed by atoms with Crippen molar-refractivity contribution < 1.29 is 13.2 Å². The van der Waals surface area contributed by atoms with Crippen LogP contribution in [0.4, 0.5) is 13.2 Å². The molecule has 1 unspecified atom stereocenters. The molecule has 0 radical (unpaired) electrons. The van der Waals surface area contributed by atoms with Crippen LogP contribution in [0.15, 0.2) is 12.5 Å². The van der Waals surface area contributed by atoms with E-state index in [1.165, 1.54) is 0 Å². The van der Waals surface area contributed by atoms with Gasteiger partial charge in [0.15, 0.2) is 0 Å². The van der Waals surface area contributed by atoms with Crippen LogP contribution in [0.25, 0.3) is 0 Å². The average Bonchev–Trinajstić information content (AvgIpc) is 2.68. The lowest BCUT2D eigenvalue weighted by molar-refractivity contribution is -0.135. The molecule has 0 spiro atoms. The number of halogens is 3. The van der Waals surface area contributed by atoms with Gasteiger partial charge in [-0.05, 0) is 19.8 Å². The molecule has 0 bridgehead atoms. The number of alkyl halides is 3. The van der Waals surface area contributed by atoms with Crippen molar-refractivity contribution in [2.75, 3.05) is 6.54 Å². The quantitative estimate of drug-likeness (QED) is 0.780. The third-order valence-corrected chi connectivity index (χ3v) is 2.54. The van der Waals surface area contributed by atoms with Gasteiger partial charge < -0.3 is 10.3 Å². The number of aromatic amines is 1. The van der Waals surface area contributed by atoms with Crippen molar-refractivity contribution in [2.24, 2.45) is 0 Å². The molecular weight excluding hydrogens is 231 g/mol. The Morgan fingerprint density at radius 3 is 2.82 bits per heavy atom. The van der Waals surface area contributed by atoms with Crippen LogP contribution in [0.1, 0.15) is 31.9 Å². The minimum absolute atomic E-state index is 0.111. The van der Waals surface area contributed by atoms with Crippen LogP contribution in [0.3, 0.4) is 0 Å². The second kappa shape index (κ2) is 6.64. The lowest BCUT2D eigenvalue weighted by atomic mass is 10.1. The monoisotopic (exact) mass is 249 g/mol. The Balaban J connectivity index is 2.03. The zero-order valence-corrected chi connectivity index (χ0v) is 9.85. The van der Waals surface area contributed by atoms with Crippen LogP contribution in [0.2, 0.25) is 0 Å². The predicted octanol–water partition coefficient (Wildman–Crippen LogP) is 2.66. The summed E-state index contributed by atoms with van der Waals surface area (Å²) in [7, 11) is 0. The maximum Gasteiger partial charge on any atom is 0.389 e. The summed E-state index contributed by atoms with van der Waals surface area (Å²) in [5.41, 5.74) is 1.03. The van der Waals surface area contributed by atoms with Crippen LogP contribution < -0.4 is 5.32 Å². The molecule has 0 amide bonds. The van der Waals surface area contributed by atoms with E-state index in [4.69, 9.17) is 0 Å². The number of H-pyrrole nitrogens is 1. The highest BCUT2D eigenvalue weighted by Gasteiger charge is 2.26. The Bertz CT molecular complexity index is 295. The van der Waals surface area contributed by atoms with Gasteiger partial charge >= 0.3 is 6.18 Å². The third-order valence-electron chi connectivity index (χ3n) is 2.54. The summed E-state index contributed by atoms with van der Waals surface area (Å²) < 4.78 is 35.7. The van der Waals surface area contributed by atoms with Crippen LogP contribution in [0.5, 0.6) is 0 Å². The fraction of sp³-hybridized carbons (Fsp3) is 0.727. The summed E-state index contributed by atoms with van der Waals surface area (Å²) in [6, 6.07) is 0.111. The van der Waals surface area contributed by atoms with E-state index in [9.17, 15) is 13.2 Å². The average molecular weight is 249 g/mol. The van der Waals surface area contributed by atoms with Gasteiger partial charge in [-0.25, -0.2) is 4.98 Å². The van der Waals surface area contributed by atoms with Crippen molar-refractivity contribution in [3.8, 4) is 0 Å². The molecule has 0 saturated carbocycles. The first-order chi connectivity index (χ1) is 7.97. The Kier molecular flexibility index (Phi) is 5.47. The fourth-order valence-corrected chi connectivity index (χ4v) is 1.59. The molecule has 1 heterocycles. The van der Waals surface area contributed by atoms with E-state index in [-0.39, 0.29) is 12.5 Å². The molecule has 6 heteroatoms. The van der Waals surface area contributed by atoms with Gasteiger partial charge in [0.05, 0.1) is 6.33 Å². The minimum Gasteiger partial charge on any atom is -0.348 e. The van der Waals surface area contributed by atoms with Crippen LogP contribution in [-0.2, 0) is 6.42 Å². The van der Waals surface area contributed by atoms with Crippen molar-refractivity contribution in [1.82, 2.24) is 15.3 Å². The minimum atomic E-state index is -4.03. The standard InChI is InChI=1S/C11H18F3N3/c1-9(3-2-5-11(12,13)14)16-6-4-10-7-15-8-17-10/h7-9,16H,2-6H2,1H3,(H,15,17). The van der Waals surface area contributed by atoms with Gasteiger partial charge in [0.2, 0.25) is 0 Å². The van der Waals surface area contributed by atoms with Crippen LogP contribution >= 0.6 is 0 Å². The number of nitrogens with one attached hydrogen (secondary N) is 2. The summed E-state index contributed by atoms with van der Waals surface area (Å²) in [6.45, 7) is 2.65. The molecule has 0 fully saturated rings. The van der Waals surface area contributed by atoms with E-state index in [2.05, 4.69) is 15.3 Å². The first kappa shape index (κ1) is 14.0. The molecule has 1 atom stereocenters. The van der Waals surface area contributed by atoms with Gasteiger partial charge in [-0.3, -0.25) is 0 Å². The molecule has 1 aromatic heterocycles. The lowest BCUT2D eigenvalue weighted by Gasteiger charge is -2.13. The molecule has 0 aromatic carbocycles. The van der Waals surface area contributed by atoms with Crippen molar-refractivity contribution >= 4 is 0 Å². The highest BCUT2D eigenvalue weighted by atomic mass is 19.4. The Morgan fingerprint density at radius 2 is 2.24 bits per heavy atom. The molecule has 3 nitrogen and oxygen atoms in total. The van der Waals surface area contributed by atoms with E-state index in [1.54, 1.807) is 12.5 Å². The summed E-state index contributed by atoms with van der Waals surface area (Å²) >= 11 is 0. The first-order valence-electron chi connectivity index (χ1n) is 5.75. The normalized spacial score (nSPS) is 13.9. The topological polar surface area (TPSA) is 40.7 Å². The SMILES string of the molecule is CC(CCCC(F)(F)F)NCCc1cnc[nH]1. The smallest absolute Gasteiger partial charge is 0.348 e. The molecular formula is C11H18F3N3. The van der Waals surface area contributed by atoms with Crippen LogP contribution in [0, 0.1) is 0 Å². The van der Waals surface area contributed by atoms with Crippen LogP contribution in [-0.4, -0.2) is 28.7 Å². The second-order valence-electron chi connectivity index (χ2n) is 4.19. The van der Waals surface area contributed by atoms with E-state index in [1.807, 2.05) is 6.92 Å². The molecule has 98 valence electrons. The van der Waals surface area contributed by atoms with Crippen molar-refractivity contribution in [3.05, 3.63) is 18.2 Å². The molecule has 2 N–H and O–H groups in total. The lowest BCUT2D eigenvalue weighted by Crippen LogP contribution is -2.28. The number of aromatic nitrogens is 2. The largest absolute Gasteiger partial charge is 0.389 e. The Hall–Kier alpha value is -1.04. The van der Waals surface area contributed by atoms with E-state index < -0.39 is 12.6 Å². The summed E-state index contributed by atoms with van der Waals surface area (Å²) in [4.78, 5) is 6.86. The summed E-state index contributed by atoms with van der Waals surface area (Å²) in [5, 5.41) is 3.19. The van der Waals surface area contributed by atoms with E-state index in [0.29, 0.717) is 6.42 Å². The molecule has 17 heavy (non-hydrogen) atoms. The van der Waals surface area contributed by atoms with Crippen molar-refractivity contribution in [2.45, 2.75) is 44.8 Å². The summed E-state index contributed by atoms with van der Waals surface area (Å²) in [5.74, 6) is 0. The molecule has 0 saturated heterocycles. The second-order valence-corrected chi connectivity index (χ2v) is 4.19. The van der Waals surface area contributed by atoms with E-state index in [0.717, 1.165) is 18.7 Å². The maximum atomic E-state index is 11.9. The van der Waals surface area contributed by atoms with Crippen molar-refractivity contribution in [1.29, 1.82) is 0 Å². The molecule has 0 aliphatic carbocycles. The Morgan fingerprint density at radius 1 is 1.47 bits per heavy atom. The molecule has 1 rings (SSSR count). The number of imidazole rings is 1. The van der Waals surface area contributed by atoms with Gasteiger partial charge in [0.1, 0.15) is 0 Å². The summed E-state index contributed by atoms with van der Waals surface area (Å²) in [6.07, 6.45) is 0.168. The number of nitrogens with zero attached hydrogens (tertiary/aromatic N) is 1. The molecule has 0 aliphatic heterocycles. The molecule has 0 aliphatic rings. The highest BCUT2D eigenvalue weighted by molar-refractivity contribution is 4.94.